The lowest BCUT2D eigenvalue weighted by Gasteiger charge is -2.26. The molecule has 5 amide bonds. The summed E-state index contributed by atoms with van der Waals surface area (Å²) in [6.07, 6.45) is 1.32. The second-order valence-corrected chi connectivity index (χ2v) is 9.30. The number of methoxy groups -OCH3 is 1. The van der Waals surface area contributed by atoms with Crippen LogP contribution in [0.5, 0.6) is 17.2 Å². The summed E-state index contributed by atoms with van der Waals surface area (Å²) in [6.45, 7) is 0.00989. The van der Waals surface area contributed by atoms with Gasteiger partial charge in [0.2, 0.25) is 0 Å². The van der Waals surface area contributed by atoms with E-state index >= 15 is 0 Å². The summed E-state index contributed by atoms with van der Waals surface area (Å²) in [5, 5.41) is 4.93. The molecule has 0 radical (unpaired) electrons. The molecule has 0 atom stereocenters. The van der Waals surface area contributed by atoms with Gasteiger partial charge in [0.1, 0.15) is 29.4 Å². The molecule has 5 rings (SSSR count). The van der Waals surface area contributed by atoms with Crippen LogP contribution in [0.15, 0.2) is 109 Å². The molecule has 216 valence electrons. The number of para-hydroxylation sites is 3. The summed E-state index contributed by atoms with van der Waals surface area (Å²) < 4.78 is 16.8. The van der Waals surface area contributed by atoms with Crippen LogP contribution in [0.4, 0.5) is 16.2 Å². The number of rotatable bonds is 10. The van der Waals surface area contributed by atoms with Crippen LogP contribution >= 0.6 is 0 Å². The van der Waals surface area contributed by atoms with E-state index in [1.54, 1.807) is 72.8 Å². The minimum Gasteiger partial charge on any atom is -0.495 e. The first-order valence-electron chi connectivity index (χ1n) is 13.3. The summed E-state index contributed by atoms with van der Waals surface area (Å²) in [5.41, 5.74) is 1.82. The van der Waals surface area contributed by atoms with Gasteiger partial charge in [-0.15, -0.1) is 0 Å². The van der Waals surface area contributed by atoms with Crippen molar-refractivity contribution in [3.8, 4) is 17.2 Å². The molecule has 10 heteroatoms. The standard InChI is InChI=1S/C33H27N3O7/c1-41-29-14-8-6-12-27(29)34-30(37)21-43-28-13-7-5-11-23(28)19-26-31(38)35-33(40)36(32(26)39)24-15-17-25(18-16-24)42-20-22-9-3-2-4-10-22/h2-19H,20-21H2,1H3,(H,34,37)(H,35,38,40)/b26-19-. The highest BCUT2D eigenvalue weighted by atomic mass is 16.5. The average Bonchev–Trinajstić information content (AvgIpc) is 3.03. The summed E-state index contributed by atoms with van der Waals surface area (Å²) in [5.74, 6) is -0.796. The van der Waals surface area contributed by atoms with E-state index in [4.69, 9.17) is 14.2 Å². The van der Waals surface area contributed by atoms with Crippen LogP contribution < -0.4 is 29.7 Å². The Kier molecular flexibility index (Phi) is 8.77. The number of imide groups is 2. The van der Waals surface area contributed by atoms with Crippen LogP contribution in [-0.4, -0.2) is 37.5 Å². The Hall–Kier alpha value is -5.90. The molecule has 0 unspecified atom stereocenters. The van der Waals surface area contributed by atoms with Gasteiger partial charge in [-0.05, 0) is 54.1 Å². The smallest absolute Gasteiger partial charge is 0.335 e. The Labute approximate surface area is 247 Å². The fourth-order valence-corrected chi connectivity index (χ4v) is 4.29. The summed E-state index contributed by atoms with van der Waals surface area (Å²) in [7, 11) is 1.50. The molecule has 0 aromatic heterocycles. The van der Waals surface area contributed by atoms with Gasteiger partial charge < -0.3 is 19.5 Å². The minimum absolute atomic E-state index is 0.255. The first-order chi connectivity index (χ1) is 20.9. The van der Waals surface area contributed by atoms with Crippen molar-refractivity contribution in [3.05, 3.63) is 120 Å². The number of nitrogens with one attached hydrogen (secondary N) is 2. The van der Waals surface area contributed by atoms with Gasteiger partial charge in [-0.1, -0.05) is 60.7 Å². The SMILES string of the molecule is COc1ccccc1NC(=O)COc1ccccc1/C=C1/C(=O)NC(=O)N(c2ccc(OCc3ccccc3)cc2)C1=O. The normalized spacial score (nSPS) is 13.8. The molecule has 43 heavy (non-hydrogen) atoms. The number of ether oxygens (including phenoxy) is 3. The van der Waals surface area contributed by atoms with Crippen molar-refractivity contribution in [2.24, 2.45) is 0 Å². The lowest BCUT2D eigenvalue weighted by atomic mass is 10.1. The molecule has 0 saturated carbocycles. The number of hydrogen-bond donors (Lipinski definition) is 2. The van der Waals surface area contributed by atoms with Crippen molar-refractivity contribution in [2.75, 3.05) is 23.9 Å². The number of urea groups is 1. The van der Waals surface area contributed by atoms with Crippen molar-refractivity contribution in [1.29, 1.82) is 0 Å². The lowest BCUT2D eigenvalue weighted by Crippen LogP contribution is -2.54. The minimum atomic E-state index is -0.873. The Bertz CT molecular complexity index is 1680. The molecule has 0 aliphatic carbocycles. The third-order valence-corrected chi connectivity index (χ3v) is 6.40. The number of amides is 5. The third kappa shape index (κ3) is 6.88. The van der Waals surface area contributed by atoms with Gasteiger partial charge in [-0.2, -0.15) is 0 Å². The van der Waals surface area contributed by atoms with E-state index in [9.17, 15) is 19.2 Å². The molecule has 1 saturated heterocycles. The van der Waals surface area contributed by atoms with Gasteiger partial charge in [0.15, 0.2) is 6.61 Å². The van der Waals surface area contributed by atoms with E-state index in [2.05, 4.69) is 10.6 Å². The van der Waals surface area contributed by atoms with Gasteiger partial charge in [0.25, 0.3) is 17.7 Å². The molecule has 4 aromatic rings. The maximum absolute atomic E-state index is 13.4. The molecule has 0 bridgehead atoms. The van der Waals surface area contributed by atoms with Gasteiger partial charge in [-0.25, -0.2) is 9.69 Å². The van der Waals surface area contributed by atoms with Crippen molar-refractivity contribution in [3.63, 3.8) is 0 Å². The Morgan fingerprint density at radius 1 is 0.814 bits per heavy atom. The number of hydrogen-bond acceptors (Lipinski definition) is 7. The molecule has 1 aliphatic heterocycles. The predicted octanol–water partition coefficient (Wildman–Crippen LogP) is 4.96. The number of benzene rings is 4. The largest absolute Gasteiger partial charge is 0.495 e. The highest BCUT2D eigenvalue weighted by molar-refractivity contribution is 6.39. The van der Waals surface area contributed by atoms with E-state index in [1.807, 2.05) is 30.3 Å². The number of nitrogens with zero attached hydrogens (tertiary/aromatic N) is 1. The number of anilines is 2. The molecule has 1 fully saturated rings. The van der Waals surface area contributed by atoms with Crippen LogP contribution in [0.1, 0.15) is 11.1 Å². The monoisotopic (exact) mass is 577 g/mol. The maximum Gasteiger partial charge on any atom is 0.335 e. The van der Waals surface area contributed by atoms with Crippen molar-refractivity contribution >= 4 is 41.2 Å². The van der Waals surface area contributed by atoms with Gasteiger partial charge in [0, 0.05) is 5.56 Å². The molecule has 2 N–H and O–H groups in total. The first kappa shape index (κ1) is 28.6. The number of carbonyl (C=O) groups is 4. The fourth-order valence-electron chi connectivity index (χ4n) is 4.29. The van der Waals surface area contributed by atoms with E-state index in [-0.39, 0.29) is 23.6 Å². The summed E-state index contributed by atoms with van der Waals surface area (Å²) in [4.78, 5) is 52.3. The topological polar surface area (TPSA) is 123 Å². The van der Waals surface area contributed by atoms with Crippen molar-refractivity contribution < 1.29 is 33.4 Å². The lowest BCUT2D eigenvalue weighted by molar-refractivity contribution is -0.122. The summed E-state index contributed by atoms with van der Waals surface area (Å²) in [6, 6.07) is 28.7. The van der Waals surface area contributed by atoms with E-state index < -0.39 is 23.8 Å². The predicted molar refractivity (Wildman–Crippen MR) is 160 cm³/mol. The van der Waals surface area contributed by atoms with Gasteiger partial charge in [-0.3, -0.25) is 19.7 Å². The van der Waals surface area contributed by atoms with E-state index in [0.29, 0.717) is 29.4 Å². The van der Waals surface area contributed by atoms with E-state index in [1.165, 1.54) is 13.2 Å². The van der Waals surface area contributed by atoms with Crippen LogP contribution in [-0.2, 0) is 21.0 Å². The zero-order chi connectivity index (χ0) is 30.2. The second kappa shape index (κ2) is 13.2. The van der Waals surface area contributed by atoms with Gasteiger partial charge in [0.05, 0.1) is 18.5 Å². The van der Waals surface area contributed by atoms with Crippen molar-refractivity contribution in [1.82, 2.24) is 5.32 Å². The Morgan fingerprint density at radius 3 is 2.23 bits per heavy atom. The molecule has 10 nitrogen and oxygen atoms in total. The molecule has 0 spiro atoms. The highest BCUT2D eigenvalue weighted by Gasteiger charge is 2.37. The van der Waals surface area contributed by atoms with Crippen LogP contribution in [0.2, 0.25) is 0 Å². The zero-order valence-electron chi connectivity index (χ0n) is 23.1. The zero-order valence-corrected chi connectivity index (χ0v) is 23.1. The van der Waals surface area contributed by atoms with Crippen LogP contribution in [0.25, 0.3) is 6.08 Å². The molecular weight excluding hydrogens is 550 g/mol. The second-order valence-electron chi connectivity index (χ2n) is 9.30. The maximum atomic E-state index is 13.4. The third-order valence-electron chi connectivity index (χ3n) is 6.40. The van der Waals surface area contributed by atoms with Crippen LogP contribution in [0, 0.1) is 0 Å². The Balaban J connectivity index is 1.29. The number of carbonyl (C=O) groups excluding carboxylic acids is 4. The Morgan fingerprint density at radius 2 is 1.49 bits per heavy atom. The molecular formula is C33H27N3O7. The quantitative estimate of drug-likeness (QED) is 0.202. The van der Waals surface area contributed by atoms with Crippen molar-refractivity contribution in [2.45, 2.75) is 6.61 Å². The highest BCUT2D eigenvalue weighted by Crippen LogP contribution is 2.27. The average molecular weight is 578 g/mol. The summed E-state index contributed by atoms with van der Waals surface area (Å²) >= 11 is 0. The molecule has 1 aliphatic rings. The fraction of sp³-hybridized carbons (Fsp3) is 0.0909. The van der Waals surface area contributed by atoms with E-state index in [0.717, 1.165) is 10.5 Å². The molecule has 4 aromatic carbocycles. The number of barbiturate groups is 1. The first-order valence-corrected chi connectivity index (χ1v) is 13.3. The van der Waals surface area contributed by atoms with Gasteiger partial charge >= 0.3 is 6.03 Å². The molecule has 1 heterocycles. The van der Waals surface area contributed by atoms with Crippen LogP contribution in [0.3, 0.4) is 0 Å².